The zero-order valence-corrected chi connectivity index (χ0v) is 18.5. The number of nitrogens with one attached hydrogen (secondary N) is 1. The fourth-order valence-electron chi connectivity index (χ4n) is 2.53. The van der Waals surface area contributed by atoms with E-state index in [1.165, 1.54) is 16.9 Å². The number of benzene rings is 2. The molecule has 29 heavy (non-hydrogen) atoms. The summed E-state index contributed by atoms with van der Waals surface area (Å²) in [7, 11) is 0. The van der Waals surface area contributed by atoms with E-state index >= 15 is 0 Å². The average Bonchev–Trinajstić information content (AvgIpc) is 3.15. The Morgan fingerprint density at radius 1 is 1.07 bits per heavy atom. The molecular weight excluding hydrogens is 402 g/mol. The zero-order valence-electron chi connectivity index (χ0n) is 16.8. The van der Waals surface area contributed by atoms with Gasteiger partial charge in [-0.1, -0.05) is 74.2 Å². The van der Waals surface area contributed by atoms with Crippen LogP contribution in [0.3, 0.4) is 0 Å². The van der Waals surface area contributed by atoms with E-state index in [1.54, 1.807) is 11.8 Å². The second-order valence-corrected chi connectivity index (χ2v) is 9.84. The van der Waals surface area contributed by atoms with Gasteiger partial charge in [0, 0.05) is 11.3 Å². The van der Waals surface area contributed by atoms with Crippen LogP contribution in [0.5, 0.6) is 5.75 Å². The van der Waals surface area contributed by atoms with Crippen molar-refractivity contribution in [3.8, 4) is 5.75 Å². The number of rotatable bonds is 8. The minimum atomic E-state index is -0.172. The molecule has 0 unspecified atom stereocenters. The van der Waals surface area contributed by atoms with Crippen LogP contribution in [0.2, 0.25) is 0 Å². The normalized spacial score (nSPS) is 11.3. The molecule has 0 saturated heterocycles. The number of hydrogen-bond donors (Lipinski definition) is 1. The van der Waals surface area contributed by atoms with Crippen LogP contribution in [0.1, 0.15) is 43.1 Å². The standard InChI is InChI=1S/C22H25N3O2S2/c1-22(2,3)17-12-10-16(11-13-17)19(26)23-20-24-25-21(29-20)28-15-7-14-27-18-8-5-4-6-9-18/h4-6,8-13H,7,14-15H2,1-3H3,(H,23,24,26). The number of thioether (sulfide) groups is 1. The summed E-state index contributed by atoms with van der Waals surface area (Å²) in [6.45, 7) is 7.10. The number of nitrogens with zero attached hydrogens (tertiary/aromatic N) is 2. The minimum absolute atomic E-state index is 0.0620. The number of anilines is 1. The van der Waals surface area contributed by atoms with Crippen LogP contribution in [-0.2, 0) is 5.41 Å². The van der Waals surface area contributed by atoms with Gasteiger partial charge in [0.25, 0.3) is 5.91 Å². The van der Waals surface area contributed by atoms with Crippen molar-refractivity contribution in [3.05, 3.63) is 65.7 Å². The Balaban J connectivity index is 1.43. The van der Waals surface area contributed by atoms with Gasteiger partial charge in [0.05, 0.1) is 6.61 Å². The number of para-hydroxylation sites is 1. The van der Waals surface area contributed by atoms with E-state index < -0.39 is 0 Å². The second-order valence-electron chi connectivity index (χ2n) is 7.52. The highest BCUT2D eigenvalue weighted by atomic mass is 32.2. The molecule has 0 aliphatic carbocycles. The van der Waals surface area contributed by atoms with E-state index in [4.69, 9.17) is 4.74 Å². The van der Waals surface area contributed by atoms with Gasteiger partial charge < -0.3 is 4.74 Å². The molecule has 0 aliphatic rings. The first-order valence-electron chi connectivity index (χ1n) is 9.48. The quantitative estimate of drug-likeness (QED) is 0.286. The van der Waals surface area contributed by atoms with Crippen molar-refractivity contribution in [2.75, 3.05) is 17.7 Å². The van der Waals surface area contributed by atoms with Gasteiger partial charge in [0.2, 0.25) is 5.13 Å². The summed E-state index contributed by atoms with van der Waals surface area (Å²) in [6, 6.07) is 17.5. The third kappa shape index (κ3) is 6.58. The van der Waals surface area contributed by atoms with Gasteiger partial charge >= 0.3 is 0 Å². The van der Waals surface area contributed by atoms with E-state index in [2.05, 4.69) is 36.3 Å². The fraction of sp³-hybridized carbons (Fsp3) is 0.318. The average molecular weight is 428 g/mol. The van der Waals surface area contributed by atoms with Crippen molar-refractivity contribution in [2.24, 2.45) is 0 Å². The molecule has 0 radical (unpaired) electrons. The molecule has 0 saturated carbocycles. The Hall–Kier alpha value is -2.38. The predicted octanol–water partition coefficient (Wildman–Crippen LogP) is 5.65. The molecule has 3 aromatic rings. The highest BCUT2D eigenvalue weighted by Gasteiger charge is 2.15. The molecule has 7 heteroatoms. The van der Waals surface area contributed by atoms with Gasteiger partial charge in [-0.3, -0.25) is 10.1 Å². The first-order chi connectivity index (χ1) is 13.9. The Morgan fingerprint density at radius 3 is 2.48 bits per heavy atom. The molecule has 1 heterocycles. The van der Waals surface area contributed by atoms with Crippen LogP contribution in [0, 0.1) is 0 Å². The predicted molar refractivity (Wildman–Crippen MR) is 120 cm³/mol. The van der Waals surface area contributed by atoms with Crippen molar-refractivity contribution in [1.29, 1.82) is 0 Å². The number of ether oxygens (including phenoxy) is 1. The topological polar surface area (TPSA) is 64.1 Å². The zero-order chi connectivity index (χ0) is 20.7. The highest BCUT2D eigenvalue weighted by Crippen LogP contribution is 2.27. The summed E-state index contributed by atoms with van der Waals surface area (Å²) >= 11 is 3.00. The lowest BCUT2D eigenvalue weighted by atomic mass is 9.87. The van der Waals surface area contributed by atoms with Crippen LogP contribution >= 0.6 is 23.1 Å². The van der Waals surface area contributed by atoms with Crippen molar-refractivity contribution < 1.29 is 9.53 Å². The summed E-state index contributed by atoms with van der Waals surface area (Å²) < 4.78 is 6.51. The van der Waals surface area contributed by atoms with Crippen LogP contribution in [0.25, 0.3) is 0 Å². The maximum absolute atomic E-state index is 12.4. The Kier molecular flexibility index (Phi) is 7.28. The van der Waals surface area contributed by atoms with Crippen LogP contribution in [0.15, 0.2) is 58.9 Å². The van der Waals surface area contributed by atoms with Gasteiger partial charge in [-0.15, -0.1) is 10.2 Å². The molecule has 0 bridgehead atoms. The number of carbonyl (C=O) groups excluding carboxylic acids is 1. The number of amides is 1. The van der Waals surface area contributed by atoms with Gasteiger partial charge in [0.1, 0.15) is 5.75 Å². The Labute approximate surface area is 179 Å². The van der Waals surface area contributed by atoms with E-state index in [1.807, 2.05) is 54.6 Å². The monoisotopic (exact) mass is 427 g/mol. The van der Waals surface area contributed by atoms with Crippen molar-refractivity contribution in [2.45, 2.75) is 36.9 Å². The molecule has 2 aromatic carbocycles. The first-order valence-corrected chi connectivity index (χ1v) is 11.3. The SMILES string of the molecule is CC(C)(C)c1ccc(C(=O)Nc2nnc(SCCCOc3ccccc3)s2)cc1. The van der Waals surface area contributed by atoms with Crippen LogP contribution in [-0.4, -0.2) is 28.5 Å². The van der Waals surface area contributed by atoms with E-state index in [-0.39, 0.29) is 11.3 Å². The highest BCUT2D eigenvalue weighted by molar-refractivity contribution is 8.01. The lowest BCUT2D eigenvalue weighted by molar-refractivity contribution is 0.102. The first kappa shape index (κ1) is 21.3. The van der Waals surface area contributed by atoms with Gasteiger partial charge in [-0.05, 0) is 41.7 Å². The molecule has 152 valence electrons. The third-order valence-corrected chi connectivity index (χ3v) is 6.22. The van der Waals surface area contributed by atoms with Crippen molar-refractivity contribution in [3.63, 3.8) is 0 Å². The van der Waals surface area contributed by atoms with E-state index in [0.717, 1.165) is 22.3 Å². The van der Waals surface area contributed by atoms with Crippen molar-refractivity contribution >= 4 is 34.1 Å². The lowest BCUT2D eigenvalue weighted by Crippen LogP contribution is -2.14. The van der Waals surface area contributed by atoms with Gasteiger partial charge in [-0.25, -0.2) is 0 Å². The Bertz CT molecular complexity index is 919. The summed E-state index contributed by atoms with van der Waals surface area (Å²) in [6.07, 6.45) is 0.904. The summed E-state index contributed by atoms with van der Waals surface area (Å²) in [5, 5.41) is 11.6. The molecule has 0 aliphatic heterocycles. The Morgan fingerprint density at radius 2 is 1.79 bits per heavy atom. The van der Waals surface area contributed by atoms with Gasteiger partial charge in [-0.2, -0.15) is 0 Å². The lowest BCUT2D eigenvalue weighted by Gasteiger charge is -2.18. The molecular formula is C22H25N3O2S2. The molecule has 5 nitrogen and oxygen atoms in total. The fourth-order valence-corrected chi connectivity index (χ4v) is 4.26. The largest absolute Gasteiger partial charge is 0.494 e. The van der Waals surface area contributed by atoms with Crippen LogP contribution in [0.4, 0.5) is 5.13 Å². The van der Waals surface area contributed by atoms with E-state index in [9.17, 15) is 4.79 Å². The molecule has 0 fully saturated rings. The van der Waals surface area contributed by atoms with Gasteiger partial charge in [0.15, 0.2) is 4.34 Å². The molecule has 3 rings (SSSR count). The number of carbonyl (C=O) groups is 1. The molecule has 1 N–H and O–H groups in total. The summed E-state index contributed by atoms with van der Waals surface area (Å²) in [4.78, 5) is 12.4. The smallest absolute Gasteiger partial charge is 0.257 e. The second kappa shape index (κ2) is 9.89. The molecule has 0 atom stereocenters. The minimum Gasteiger partial charge on any atom is -0.494 e. The molecule has 0 spiro atoms. The number of hydrogen-bond acceptors (Lipinski definition) is 6. The molecule has 1 amide bonds. The summed E-state index contributed by atoms with van der Waals surface area (Å²) in [5.74, 6) is 1.59. The molecule has 1 aromatic heterocycles. The van der Waals surface area contributed by atoms with E-state index in [0.29, 0.717) is 17.3 Å². The van der Waals surface area contributed by atoms with Crippen molar-refractivity contribution in [1.82, 2.24) is 10.2 Å². The maximum atomic E-state index is 12.4. The number of aromatic nitrogens is 2. The summed E-state index contributed by atoms with van der Waals surface area (Å²) in [5.41, 5.74) is 1.87. The van der Waals surface area contributed by atoms with Crippen LogP contribution < -0.4 is 10.1 Å². The third-order valence-electron chi connectivity index (χ3n) is 4.17. The maximum Gasteiger partial charge on any atom is 0.257 e.